The van der Waals surface area contributed by atoms with Gasteiger partial charge in [0.05, 0.1) is 5.69 Å². The normalized spacial score (nSPS) is 10.3. The van der Waals surface area contributed by atoms with Gasteiger partial charge in [-0.1, -0.05) is 19.2 Å². The predicted molar refractivity (Wildman–Crippen MR) is 56.3 cm³/mol. The molecule has 0 aliphatic rings. The van der Waals surface area contributed by atoms with Crippen LogP contribution in [0.2, 0.25) is 0 Å². The van der Waals surface area contributed by atoms with Crippen LogP contribution in [0.25, 0.3) is 6.08 Å². The highest BCUT2D eigenvalue weighted by Gasteiger charge is 1.98. The van der Waals surface area contributed by atoms with Crippen LogP contribution < -0.4 is 0 Å². The average molecular weight is 158 g/mol. The summed E-state index contributed by atoms with van der Waals surface area (Å²) in [7, 11) is 1.97. The zero-order valence-electron chi connectivity index (χ0n) is 7.20. The topological polar surface area (TPSA) is 17.3 Å². The van der Waals surface area contributed by atoms with Crippen LogP contribution >= 0.6 is 0 Å². The molecular formula is C9H11BN2. The molecule has 0 aliphatic carbocycles. The lowest BCUT2D eigenvalue weighted by atomic mass is 10.2. The number of hydrogen-bond acceptors (Lipinski definition) is 1. The largest absolute Gasteiger partial charge is 0.398 e. The lowest BCUT2D eigenvalue weighted by Crippen LogP contribution is -1.96. The Morgan fingerprint density at radius 2 is 2.25 bits per heavy atom. The quantitative estimate of drug-likeness (QED) is 0.462. The third kappa shape index (κ3) is 1.56. The summed E-state index contributed by atoms with van der Waals surface area (Å²) in [5, 5.41) is 0. The maximum absolute atomic E-state index is 3.95. The van der Waals surface area contributed by atoms with Gasteiger partial charge in [-0.05, 0) is 17.8 Å². The molecule has 0 saturated heterocycles. The molecule has 0 saturated carbocycles. The Morgan fingerprint density at radius 1 is 1.50 bits per heavy atom. The van der Waals surface area contributed by atoms with Crippen LogP contribution in [0.5, 0.6) is 0 Å². The molecule has 0 fully saturated rings. The highest BCUT2D eigenvalue weighted by atomic mass is 14.9. The number of aromatic nitrogens is 1. The summed E-state index contributed by atoms with van der Waals surface area (Å²) in [6, 6.07) is 2.00. The smallest absolute Gasteiger partial charge is 0.223 e. The first-order valence-corrected chi connectivity index (χ1v) is 3.71. The van der Waals surface area contributed by atoms with E-state index in [4.69, 9.17) is 0 Å². The van der Waals surface area contributed by atoms with Gasteiger partial charge in [-0.2, -0.15) is 0 Å². The molecule has 60 valence electrons. The molecule has 0 unspecified atom stereocenters. The number of nitrogens with zero attached hydrogens (tertiary/aromatic N) is 2. The summed E-state index contributed by atoms with van der Waals surface area (Å²) in [4.78, 5) is 3.95. The first-order valence-electron chi connectivity index (χ1n) is 3.71. The maximum atomic E-state index is 3.95. The Hall–Kier alpha value is -1.51. The van der Waals surface area contributed by atoms with E-state index in [1.165, 1.54) is 6.20 Å². The molecule has 2 nitrogen and oxygen atoms in total. The Kier molecular flexibility index (Phi) is 2.69. The summed E-state index contributed by atoms with van der Waals surface area (Å²) >= 11 is 0. The standard InChI is InChI=1S/C9H11BN2/c1-3-8-5-6-12(10)9(8)7-11-4-2/h3-7H,1-2,10H2/b11-7-. The molecule has 1 aromatic rings. The van der Waals surface area contributed by atoms with Crippen molar-refractivity contribution >= 4 is 20.3 Å². The molecule has 0 aromatic carbocycles. The Balaban J connectivity index is 3.09. The zero-order valence-corrected chi connectivity index (χ0v) is 7.20. The molecule has 0 N–H and O–H groups in total. The second-order valence-electron chi connectivity index (χ2n) is 2.43. The first-order chi connectivity index (χ1) is 5.79. The van der Waals surface area contributed by atoms with E-state index in [9.17, 15) is 0 Å². The fraction of sp³-hybridized carbons (Fsp3) is 0. The molecule has 0 amide bonds. The van der Waals surface area contributed by atoms with Crippen LogP contribution in [-0.4, -0.2) is 18.7 Å². The van der Waals surface area contributed by atoms with Gasteiger partial charge >= 0.3 is 0 Å². The van der Waals surface area contributed by atoms with Gasteiger partial charge in [-0.25, -0.2) is 0 Å². The van der Waals surface area contributed by atoms with E-state index in [0.29, 0.717) is 0 Å². The van der Waals surface area contributed by atoms with Crippen LogP contribution in [0.1, 0.15) is 11.3 Å². The number of rotatable bonds is 3. The number of aliphatic imine (C=N–C) groups is 1. The lowest BCUT2D eigenvalue weighted by Gasteiger charge is -1.96. The summed E-state index contributed by atoms with van der Waals surface area (Å²) in [5.41, 5.74) is 2.13. The Labute approximate surface area is 73.4 Å². The predicted octanol–water partition coefficient (Wildman–Crippen LogP) is 1.09. The van der Waals surface area contributed by atoms with Gasteiger partial charge in [0.15, 0.2) is 0 Å². The van der Waals surface area contributed by atoms with Crippen molar-refractivity contribution in [2.24, 2.45) is 4.99 Å². The van der Waals surface area contributed by atoms with Crippen LogP contribution in [0.15, 0.2) is 36.6 Å². The number of hydrogen-bond donors (Lipinski definition) is 0. The first kappa shape index (κ1) is 8.59. The lowest BCUT2D eigenvalue weighted by molar-refractivity contribution is 1.24. The van der Waals surface area contributed by atoms with E-state index in [1.54, 1.807) is 6.21 Å². The van der Waals surface area contributed by atoms with Crippen molar-refractivity contribution in [3.05, 3.63) is 42.9 Å². The van der Waals surface area contributed by atoms with Crippen molar-refractivity contribution in [2.45, 2.75) is 0 Å². The molecule has 0 atom stereocenters. The fourth-order valence-electron chi connectivity index (χ4n) is 1.02. The molecule has 12 heavy (non-hydrogen) atoms. The third-order valence-electron chi connectivity index (χ3n) is 1.68. The van der Waals surface area contributed by atoms with Crippen LogP contribution in [0, 0.1) is 0 Å². The van der Waals surface area contributed by atoms with Gasteiger partial charge in [0.1, 0.15) is 0 Å². The third-order valence-corrected chi connectivity index (χ3v) is 1.68. The minimum absolute atomic E-state index is 1.05. The van der Waals surface area contributed by atoms with Gasteiger partial charge in [0.2, 0.25) is 7.98 Å². The van der Waals surface area contributed by atoms with Gasteiger partial charge in [-0.15, -0.1) is 0 Å². The molecule has 0 aliphatic heterocycles. The van der Waals surface area contributed by atoms with Gasteiger partial charge in [0, 0.05) is 12.4 Å². The van der Waals surface area contributed by atoms with E-state index in [2.05, 4.69) is 18.2 Å². The van der Waals surface area contributed by atoms with E-state index < -0.39 is 0 Å². The molecule has 1 aromatic heterocycles. The van der Waals surface area contributed by atoms with Crippen molar-refractivity contribution < 1.29 is 0 Å². The molecular weight excluding hydrogens is 147 g/mol. The van der Waals surface area contributed by atoms with E-state index in [1.807, 2.05) is 30.8 Å². The second-order valence-corrected chi connectivity index (χ2v) is 2.43. The molecule has 3 heteroatoms. The Morgan fingerprint density at radius 3 is 2.83 bits per heavy atom. The van der Waals surface area contributed by atoms with E-state index in [0.717, 1.165) is 11.3 Å². The van der Waals surface area contributed by atoms with Gasteiger partial charge in [-0.3, -0.25) is 4.99 Å². The highest BCUT2D eigenvalue weighted by molar-refractivity contribution is 6.09. The van der Waals surface area contributed by atoms with Crippen molar-refractivity contribution in [3.8, 4) is 0 Å². The Bertz CT molecular complexity index is 323. The minimum Gasteiger partial charge on any atom is -0.398 e. The van der Waals surface area contributed by atoms with Crippen molar-refractivity contribution in [2.75, 3.05) is 0 Å². The summed E-state index contributed by atoms with van der Waals surface area (Å²) in [6.45, 7) is 7.22. The van der Waals surface area contributed by atoms with Crippen LogP contribution in [0.4, 0.5) is 0 Å². The second kappa shape index (κ2) is 3.76. The van der Waals surface area contributed by atoms with Crippen LogP contribution in [-0.2, 0) is 0 Å². The van der Waals surface area contributed by atoms with Gasteiger partial charge < -0.3 is 4.48 Å². The van der Waals surface area contributed by atoms with Crippen molar-refractivity contribution in [3.63, 3.8) is 0 Å². The fourth-order valence-corrected chi connectivity index (χ4v) is 1.02. The van der Waals surface area contributed by atoms with E-state index >= 15 is 0 Å². The SMILES string of the molecule is Bn1ccc(C=C)c1/C=N\C=C. The molecule has 0 radical (unpaired) electrons. The van der Waals surface area contributed by atoms with E-state index in [-0.39, 0.29) is 0 Å². The average Bonchev–Trinajstić information content (AvgIpc) is 2.43. The highest BCUT2D eigenvalue weighted by Crippen LogP contribution is 2.07. The minimum atomic E-state index is 1.05. The summed E-state index contributed by atoms with van der Waals surface area (Å²) in [5.74, 6) is 0. The van der Waals surface area contributed by atoms with Crippen molar-refractivity contribution in [1.29, 1.82) is 0 Å². The summed E-state index contributed by atoms with van der Waals surface area (Å²) in [6.07, 6.45) is 7.07. The molecule has 1 rings (SSSR count). The maximum Gasteiger partial charge on any atom is 0.223 e. The molecule has 0 bridgehead atoms. The van der Waals surface area contributed by atoms with Crippen molar-refractivity contribution in [1.82, 2.24) is 4.48 Å². The monoisotopic (exact) mass is 158 g/mol. The molecule has 0 spiro atoms. The zero-order chi connectivity index (χ0) is 8.97. The summed E-state index contributed by atoms with van der Waals surface area (Å²) < 4.78 is 1.99. The van der Waals surface area contributed by atoms with Crippen LogP contribution in [0.3, 0.4) is 0 Å². The molecule has 1 heterocycles. The van der Waals surface area contributed by atoms with Gasteiger partial charge in [0.25, 0.3) is 0 Å².